The van der Waals surface area contributed by atoms with Gasteiger partial charge < -0.3 is 9.64 Å². The van der Waals surface area contributed by atoms with Gasteiger partial charge in [-0.3, -0.25) is 9.59 Å². The molecule has 0 aliphatic carbocycles. The van der Waals surface area contributed by atoms with Crippen LogP contribution in [0.15, 0.2) is 54.6 Å². The molecule has 1 amide bonds. The first-order valence-electron chi connectivity index (χ1n) is 7.37. The van der Waals surface area contributed by atoms with Gasteiger partial charge in [-0.1, -0.05) is 18.2 Å². The maximum atomic E-state index is 12.8. The summed E-state index contributed by atoms with van der Waals surface area (Å²) < 4.78 is 18.2. The molecule has 24 heavy (non-hydrogen) atoms. The highest BCUT2D eigenvalue weighted by Crippen LogP contribution is 2.14. The Hall–Kier alpha value is -2.95. The number of carbonyl (C=O) groups excluding carboxylic acids is 2. The van der Waals surface area contributed by atoms with E-state index < -0.39 is 0 Å². The van der Waals surface area contributed by atoms with Crippen molar-refractivity contribution < 1.29 is 18.7 Å². The van der Waals surface area contributed by atoms with Gasteiger partial charge in [0.05, 0.1) is 0 Å². The van der Waals surface area contributed by atoms with Crippen molar-refractivity contribution in [3.8, 4) is 5.75 Å². The van der Waals surface area contributed by atoms with Crippen LogP contribution < -0.4 is 4.74 Å². The first kappa shape index (κ1) is 17.4. The summed E-state index contributed by atoms with van der Waals surface area (Å²) in [6.07, 6.45) is 3.06. The highest BCUT2D eigenvalue weighted by molar-refractivity contribution is 6.06. The van der Waals surface area contributed by atoms with E-state index in [9.17, 15) is 14.0 Å². The third-order valence-electron chi connectivity index (χ3n) is 3.30. The van der Waals surface area contributed by atoms with Crippen LogP contribution in [0.2, 0.25) is 0 Å². The van der Waals surface area contributed by atoms with Gasteiger partial charge in [0.25, 0.3) is 5.91 Å². The van der Waals surface area contributed by atoms with Crippen molar-refractivity contribution in [1.29, 1.82) is 0 Å². The van der Waals surface area contributed by atoms with Gasteiger partial charge in [-0.25, -0.2) is 4.39 Å². The van der Waals surface area contributed by atoms with Crippen molar-refractivity contribution >= 4 is 17.8 Å². The van der Waals surface area contributed by atoms with E-state index in [-0.39, 0.29) is 24.1 Å². The Morgan fingerprint density at radius 2 is 1.67 bits per heavy atom. The van der Waals surface area contributed by atoms with Crippen LogP contribution in [0.25, 0.3) is 6.08 Å². The number of ketones is 1. The molecule has 0 fully saturated rings. The third-order valence-corrected chi connectivity index (χ3v) is 3.30. The average molecular weight is 327 g/mol. The molecule has 0 aromatic heterocycles. The van der Waals surface area contributed by atoms with E-state index in [1.165, 1.54) is 23.1 Å². The molecule has 124 valence electrons. The molecule has 0 aliphatic heterocycles. The molecule has 0 radical (unpaired) electrons. The van der Waals surface area contributed by atoms with Crippen LogP contribution in [0, 0.1) is 5.82 Å². The number of ether oxygens (including phenoxy) is 1. The lowest BCUT2D eigenvalue weighted by Crippen LogP contribution is -2.27. The quantitative estimate of drug-likeness (QED) is 0.605. The lowest BCUT2D eigenvalue weighted by atomic mass is 10.1. The minimum Gasteiger partial charge on any atom is -0.484 e. The first-order valence-corrected chi connectivity index (χ1v) is 7.37. The predicted molar refractivity (Wildman–Crippen MR) is 90.4 cm³/mol. The zero-order chi connectivity index (χ0) is 17.5. The summed E-state index contributed by atoms with van der Waals surface area (Å²) >= 11 is 0. The fraction of sp³-hybridized carbons (Fsp3) is 0.158. The fourth-order valence-electron chi connectivity index (χ4n) is 1.83. The van der Waals surface area contributed by atoms with Crippen LogP contribution in [0.5, 0.6) is 5.75 Å². The number of nitrogens with zero attached hydrogens (tertiary/aromatic N) is 1. The smallest absolute Gasteiger partial charge is 0.259 e. The highest BCUT2D eigenvalue weighted by atomic mass is 19.1. The van der Waals surface area contributed by atoms with Gasteiger partial charge in [-0.15, -0.1) is 0 Å². The van der Waals surface area contributed by atoms with Crippen LogP contribution in [-0.2, 0) is 4.79 Å². The molecule has 2 aromatic rings. The topological polar surface area (TPSA) is 46.6 Å². The number of hydrogen-bond donors (Lipinski definition) is 0. The minimum atomic E-state index is -0.318. The second kappa shape index (κ2) is 8.06. The summed E-state index contributed by atoms with van der Waals surface area (Å²) in [4.78, 5) is 25.0. The highest BCUT2D eigenvalue weighted by Gasteiger charge is 2.06. The van der Waals surface area contributed by atoms with Crippen LogP contribution in [0.4, 0.5) is 4.39 Å². The second-order valence-corrected chi connectivity index (χ2v) is 5.35. The van der Waals surface area contributed by atoms with Crippen molar-refractivity contribution in [2.24, 2.45) is 0 Å². The number of likely N-dealkylation sites (N-methyl/N-ethyl adjacent to an activating group) is 1. The van der Waals surface area contributed by atoms with Crippen molar-refractivity contribution in [3.05, 3.63) is 71.6 Å². The van der Waals surface area contributed by atoms with Gasteiger partial charge >= 0.3 is 0 Å². The molecule has 0 unspecified atom stereocenters. The normalized spacial score (nSPS) is 10.6. The second-order valence-electron chi connectivity index (χ2n) is 5.35. The lowest BCUT2D eigenvalue weighted by Gasteiger charge is -2.11. The molecule has 0 atom stereocenters. The third kappa shape index (κ3) is 5.05. The predicted octanol–water partition coefficient (Wildman–Crippen LogP) is 3.19. The van der Waals surface area contributed by atoms with Crippen LogP contribution in [0.1, 0.15) is 15.9 Å². The number of allylic oxidation sites excluding steroid dienone is 1. The number of hydrogen-bond acceptors (Lipinski definition) is 3. The molecule has 2 aromatic carbocycles. The lowest BCUT2D eigenvalue weighted by molar-refractivity contribution is -0.130. The van der Waals surface area contributed by atoms with Crippen molar-refractivity contribution in [2.45, 2.75) is 0 Å². The number of halogens is 1. The van der Waals surface area contributed by atoms with E-state index in [0.717, 1.165) is 5.56 Å². The van der Waals surface area contributed by atoms with Gasteiger partial charge in [0, 0.05) is 19.7 Å². The van der Waals surface area contributed by atoms with Crippen molar-refractivity contribution in [2.75, 3.05) is 20.7 Å². The molecule has 0 N–H and O–H groups in total. The molecule has 0 saturated carbocycles. The van der Waals surface area contributed by atoms with Crippen LogP contribution in [-0.4, -0.2) is 37.3 Å². The van der Waals surface area contributed by atoms with E-state index in [4.69, 9.17) is 4.74 Å². The Balaban J connectivity index is 1.95. The first-order chi connectivity index (χ1) is 11.5. The van der Waals surface area contributed by atoms with E-state index in [0.29, 0.717) is 11.3 Å². The number of amides is 1. The Bertz CT molecular complexity index is 734. The standard InChI is InChI=1S/C19H18FNO3/c1-21(2)19(23)13-24-17-10-6-15(7-11-17)18(22)12-5-14-3-8-16(20)9-4-14/h3-12H,13H2,1-2H3/b12-5+. The summed E-state index contributed by atoms with van der Waals surface area (Å²) in [5.41, 5.74) is 1.24. The summed E-state index contributed by atoms with van der Waals surface area (Å²) in [6, 6.07) is 12.4. The Labute approximate surface area is 140 Å². The fourth-order valence-corrected chi connectivity index (χ4v) is 1.83. The van der Waals surface area contributed by atoms with E-state index in [2.05, 4.69) is 0 Å². The van der Waals surface area contributed by atoms with Crippen LogP contribution in [0.3, 0.4) is 0 Å². The number of carbonyl (C=O) groups is 2. The van der Waals surface area contributed by atoms with E-state index in [1.54, 1.807) is 56.6 Å². The molecule has 2 rings (SSSR count). The van der Waals surface area contributed by atoms with Crippen molar-refractivity contribution in [3.63, 3.8) is 0 Å². The Morgan fingerprint density at radius 3 is 2.25 bits per heavy atom. The number of benzene rings is 2. The summed E-state index contributed by atoms with van der Waals surface area (Å²) in [5.74, 6) is -0.112. The minimum absolute atomic E-state index is 0.0508. The molecule has 5 heteroatoms. The monoisotopic (exact) mass is 327 g/mol. The molecular weight excluding hydrogens is 309 g/mol. The van der Waals surface area contributed by atoms with Crippen molar-refractivity contribution in [1.82, 2.24) is 4.90 Å². The van der Waals surface area contributed by atoms with Gasteiger partial charge in [0.15, 0.2) is 12.4 Å². The van der Waals surface area contributed by atoms with E-state index in [1.807, 2.05) is 0 Å². The van der Waals surface area contributed by atoms with E-state index >= 15 is 0 Å². The molecule has 0 aliphatic rings. The van der Waals surface area contributed by atoms with Gasteiger partial charge in [0.2, 0.25) is 0 Å². The molecule has 0 saturated heterocycles. The molecule has 4 nitrogen and oxygen atoms in total. The molecule has 0 spiro atoms. The molecular formula is C19H18FNO3. The van der Waals surface area contributed by atoms with Gasteiger partial charge in [-0.05, 0) is 48.0 Å². The Kier molecular flexibility index (Phi) is 5.84. The summed E-state index contributed by atoms with van der Waals surface area (Å²) in [7, 11) is 3.31. The maximum absolute atomic E-state index is 12.8. The zero-order valence-corrected chi connectivity index (χ0v) is 13.5. The number of rotatable bonds is 6. The summed E-state index contributed by atoms with van der Waals surface area (Å²) in [6.45, 7) is -0.0508. The maximum Gasteiger partial charge on any atom is 0.259 e. The van der Waals surface area contributed by atoms with Gasteiger partial charge in [0.1, 0.15) is 11.6 Å². The van der Waals surface area contributed by atoms with Crippen LogP contribution >= 0.6 is 0 Å². The molecule has 0 heterocycles. The largest absolute Gasteiger partial charge is 0.484 e. The molecule has 0 bridgehead atoms. The SMILES string of the molecule is CN(C)C(=O)COc1ccc(C(=O)/C=C/c2ccc(F)cc2)cc1. The Morgan fingerprint density at radius 1 is 1.04 bits per heavy atom. The average Bonchev–Trinajstić information content (AvgIpc) is 2.59. The zero-order valence-electron chi connectivity index (χ0n) is 13.5. The summed E-state index contributed by atoms with van der Waals surface area (Å²) in [5, 5.41) is 0. The van der Waals surface area contributed by atoms with Gasteiger partial charge in [-0.2, -0.15) is 0 Å².